The molecule has 6 nitrogen and oxygen atoms in total. The minimum atomic E-state index is -0.298. The Balaban J connectivity index is 1.62. The summed E-state index contributed by atoms with van der Waals surface area (Å²) in [5, 5.41) is 2.78. The van der Waals surface area contributed by atoms with Crippen LogP contribution >= 0.6 is 11.8 Å². The summed E-state index contributed by atoms with van der Waals surface area (Å²) in [5.41, 5.74) is 1.42. The van der Waals surface area contributed by atoms with E-state index in [4.69, 9.17) is 14.2 Å². The van der Waals surface area contributed by atoms with Crippen LogP contribution in [0.1, 0.15) is 5.69 Å². The van der Waals surface area contributed by atoms with Crippen molar-refractivity contribution in [2.24, 2.45) is 0 Å². The molecule has 1 heterocycles. The lowest BCUT2D eigenvalue weighted by molar-refractivity contribution is -0.118. The molecule has 7 heteroatoms. The highest BCUT2D eigenvalue weighted by atomic mass is 32.2. The first-order valence-corrected chi connectivity index (χ1v) is 9.94. The molecule has 3 rings (SSSR count). The highest BCUT2D eigenvalue weighted by molar-refractivity contribution is 7.98. The largest absolute Gasteiger partial charge is 0.495 e. The number of carbonyl (C=O) groups is 1. The first-order valence-electron chi connectivity index (χ1n) is 8.96. The maximum absolute atomic E-state index is 12.3. The van der Waals surface area contributed by atoms with Crippen molar-refractivity contribution >= 4 is 23.4 Å². The monoisotopic (exact) mass is 410 g/mol. The molecular formula is C22H22N2O4S. The Bertz CT molecular complexity index is 951. The molecule has 0 unspecified atom stereocenters. The van der Waals surface area contributed by atoms with Crippen LogP contribution in [0.2, 0.25) is 0 Å². The van der Waals surface area contributed by atoms with E-state index in [1.165, 1.54) is 7.11 Å². The maximum atomic E-state index is 12.3. The minimum absolute atomic E-state index is 0.163. The van der Waals surface area contributed by atoms with Crippen molar-refractivity contribution in [3.8, 4) is 17.2 Å². The lowest BCUT2D eigenvalue weighted by Gasteiger charge is -2.13. The third-order valence-electron chi connectivity index (χ3n) is 3.98. The number of anilines is 1. The van der Waals surface area contributed by atoms with Gasteiger partial charge in [-0.3, -0.25) is 9.78 Å². The van der Waals surface area contributed by atoms with Gasteiger partial charge in [0.1, 0.15) is 5.75 Å². The van der Waals surface area contributed by atoms with E-state index in [0.29, 0.717) is 28.7 Å². The van der Waals surface area contributed by atoms with E-state index in [1.807, 2.05) is 42.5 Å². The number of rotatable bonds is 9. The van der Waals surface area contributed by atoms with Crippen LogP contribution in [-0.4, -0.2) is 31.7 Å². The summed E-state index contributed by atoms with van der Waals surface area (Å²) < 4.78 is 16.2. The smallest absolute Gasteiger partial charge is 0.262 e. The van der Waals surface area contributed by atoms with Crippen LogP contribution in [0, 0.1) is 0 Å². The minimum Gasteiger partial charge on any atom is -0.495 e. The number of amides is 1. The van der Waals surface area contributed by atoms with Gasteiger partial charge in [0.05, 0.1) is 31.8 Å². The molecule has 0 radical (unpaired) electrons. The number of aromatic nitrogens is 1. The predicted molar refractivity (Wildman–Crippen MR) is 114 cm³/mol. The highest BCUT2D eigenvalue weighted by Crippen LogP contribution is 2.29. The van der Waals surface area contributed by atoms with E-state index in [1.54, 1.807) is 43.3 Å². The summed E-state index contributed by atoms with van der Waals surface area (Å²) in [7, 11) is 3.09. The van der Waals surface area contributed by atoms with Crippen LogP contribution in [0.15, 0.2) is 71.8 Å². The van der Waals surface area contributed by atoms with Crippen molar-refractivity contribution in [2.45, 2.75) is 10.6 Å². The molecule has 0 aliphatic carbocycles. The van der Waals surface area contributed by atoms with Crippen molar-refractivity contribution in [1.82, 2.24) is 4.98 Å². The fourth-order valence-corrected chi connectivity index (χ4v) is 3.38. The second kappa shape index (κ2) is 10.4. The standard InChI is InChI=1S/C22H22N2O4S/c1-26-19-11-7-6-10-18(19)24-22(25)14-28-20-12-16(23-13-21(20)27-2)15-29-17-8-4-3-5-9-17/h3-13H,14-15H2,1-2H3,(H,24,25). The zero-order valence-corrected chi connectivity index (χ0v) is 17.1. The summed E-state index contributed by atoms with van der Waals surface area (Å²) in [4.78, 5) is 17.9. The van der Waals surface area contributed by atoms with Gasteiger partial charge >= 0.3 is 0 Å². The second-order valence-electron chi connectivity index (χ2n) is 5.97. The molecule has 0 saturated heterocycles. The van der Waals surface area contributed by atoms with Gasteiger partial charge in [-0.05, 0) is 24.3 Å². The van der Waals surface area contributed by atoms with Crippen molar-refractivity contribution in [3.63, 3.8) is 0 Å². The van der Waals surface area contributed by atoms with Gasteiger partial charge in [-0.15, -0.1) is 11.8 Å². The van der Waals surface area contributed by atoms with E-state index in [-0.39, 0.29) is 12.5 Å². The van der Waals surface area contributed by atoms with Crippen molar-refractivity contribution in [2.75, 3.05) is 26.1 Å². The molecule has 0 aliphatic rings. The fraction of sp³-hybridized carbons (Fsp3) is 0.182. The molecule has 0 aliphatic heterocycles. The molecule has 150 valence electrons. The van der Waals surface area contributed by atoms with Crippen molar-refractivity contribution in [1.29, 1.82) is 0 Å². The zero-order valence-electron chi connectivity index (χ0n) is 16.3. The van der Waals surface area contributed by atoms with Gasteiger partial charge in [0.2, 0.25) is 0 Å². The van der Waals surface area contributed by atoms with Crippen LogP contribution in [0.4, 0.5) is 5.69 Å². The number of pyridine rings is 1. The first-order chi connectivity index (χ1) is 14.2. The first kappa shape index (κ1) is 20.5. The van der Waals surface area contributed by atoms with Gasteiger partial charge in [0.15, 0.2) is 18.1 Å². The average Bonchev–Trinajstić information content (AvgIpc) is 2.77. The van der Waals surface area contributed by atoms with Crippen molar-refractivity contribution in [3.05, 3.63) is 72.6 Å². The summed E-state index contributed by atoms with van der Waals surface area (Å²) in [6, 6.07) is 19.1. The van der Waals surface area contributed by atoms with Gasteiger partial charge in [-0.25, -0.2) is 0 Å². The molecule has 1 amide bonds. The van der Waals surface area contributed by atoms with E-state index in [2.05, 4.69) is 10.3 Å². The SMILES string of the molecule is COc1ccccc1NC(=O)COc1cc(CSc2ccccc2)ncc1OC. The van der Waals surface area contributed by atoms with Crippen LogP contribution in [-0.2, 0) is 10.5 Å². The third kappa shape index (κ3) is 5.89. The highest BCUT2D eigenvalue weighted by Gasteiger charge is 2.12. The number of hydrogen-bond acceptors (Lipinski definition) is 6. The molecule has 3 aromatic rings. The van der Waals surface area contributed by atoms with Crippen LogP contribution < -0.4 is 19.5 Å². The Morgan fingerprint density at radius 2 is 1.69 bits per heavy atom. The van der Waals surface area contributed by atoms with Crippen LogP contribution in [0.3, 0.4) is 0 Å². The number of nitrogens with zero attached hydrogens (tertiary/aromatic N) is 1. The zero-order chi connectivity index (χ0) is 20.5. The van der Waals surface area contributed by atoms with Gasteiger partial charge in [-0.2, -0.15) is 0 Å². The summed E-state index contributed by atoms with van der Waals surface area (Å²) in [6.45, 7) is -0.163. The Kier molecular flexibility index (Phi) is 7.35. The molecule has 0 fully saturated rings. The van der Waals surface area contributed by atoms with E-state index in [0.717, 1.165) is 10.6 Å². The van der Waals surface area contributed by atoms with Crippen LogP contribution in [0.5, 0.6) is 17.2 Å². The van der Waals surface area contributed by atoms with Gasteiger partial charge in [0, 0.05) is 16.7 Å². The molecule has 1 aromatic heterocycles. The van der Waals surface area contributed by atoms with Crippen molar-refractivity contribution < 1.29 is 19.0 Å². The molecule has 0 spiro atoms. The lowest BCUT2D eigenvalue weighted by atomic mass is 10.3. The number of nitrogens with one attached hydrogen (secondary N) is 1. The van der Waals surface area contributed by atoms with E-state index < -0.39 is 0 Å². The van der Waals surface area contributed by atoms with Crippen LogP contribution in [0.25, 0.3) is 0 Å². The normalized spacial score (nSPS) is 10.3. The van der Waals surface area contributed by atoms with Gasteiger partial charge in [-0.1, -0.05) is 30.3 Å². The molecule has 0 bridgehead atoms. The Labute approximate surface area is 174 Å². The maximum Gasteiger partial charge on any atom is 0.262 e. The number of methoxy groups -OCH3 is 2. The number of ether oxygens (including phenoxy) is 3. The summed E-state index contributed by atoms with van der Waals surface area (Å²) in [6.07, 6.45) is 1.61. The Morgan fingerprint density at radius 1 is 0.966 bits per heavy atom. The topological polar surface area (TPSA) is 69.7 Å². The van der Waals surface area contributed by atoms with E-state index >= 15 is 0 Å². The predicted octanol–water partition coefficient (Wildman–Crippen LogP) is 4.41. The van der Waals surface area contributed by atoms with Gasteiger partial charge < -0.3 is 19.5 Å². The quantitative estimate of drug-likeness (QED) is 0.527. The number of para-hydroxylation sites is 2. The van der Waals surface area contributed by atoms with E-state index in [9.17, 15) is 4.79 Å². The lowest BCUT2D eigenvalue weighted by Crippen LogP contribution is -2.20. The molecule has 0 saturated carbocycles. The molecule has 1 N–H and O–H groups in total. The molecular weight excluding hydrogens is 388 g/mol. The number of hydrogen-bond donors (Lipinski definition) is 1. The molecule has 0 atom stereocenters. The Morgan fingerprint density at radius 3 is 2.45 bits per heavy atom. The average molecular weight is 410 g/mol. The number of thioether (sulfide) groups is 1. The third-order valence-corrected chi connectivity index (χ3v) is 5.02. The number of benzene rings is 2. The molecule has 29 heavy (non-hydrogen) atoms. The fourth-order valence-electron chi connectivity index (χ4n) is 2.56. The van der Waals surface area contributed by atoms with Gasteiger partial charge in [0.25, 0.3) is 5.91 Å². The number of carbonyl (C=O) groups excluding carboxylic acids is 1. The second-order valence-corrected chi connectivity index (χ2v) is 7.01. The molecule has 2 aromatic carbocycles. The summed E-state index contributed by atoms with van der Waals surface area (Å²) in [5.74, 6) is 1.92. The Hall–Kier alpha value is -3.19. The summed E-state index contributed by atoms with van der Waals surface area (Å²) >= 11 is 1.67.